The molecule has 0 aromatic heterocycles. The van der Waals surface area contributed by atoms with Crippen molar-refractivity contribution in [3.8, 4) is 0 Å². The molecule has 2 aromatic carbocycles. The van der Waals surface area contributed by atoms with E-state index < -0.39 is 0 Å². The molecule has 3 heteroatoms. The molecule has 3 rings (SSSR count). The van der Waals surface area contributed by atoms with E-state index in [1.807, 2.05) is 29.2 Å². The van der Waals surface area contributed by atoms with Gasteiger partial charge in [-0.25, -0.2) is 0 Å². The van der Waals surface area contributed by atoms with E-state index in [-0.39, 0.29) is 11.9 Å². The first-order valence-corrected chi connectivity index (χ1v) is 7.85. The lowest BCUT2D eigenvalue weighted by Gasteiger charge is -2.40. The highest BCUT2D eigenvalue weighted by Crippen LogP contribution is 2.19. The van der Waals surface area contributed by atoms with Gasteiger partial charge >= 0.3 is 0 Å². The summed E-state index contributed by atoms with van der Waals surface area (Å²) < 4.78 is 0. The van der Waals surface area contributed by atoms with Crippen molar-refractivity contribution in [3.05, 3.63) is 71.8 Å². The van der Waals surface area contributed by atoms with Crippen LogP contribution >= 0.6 is 0 Å². The Hall–Kier alpha value is -2.13. The van der Waals surface area contributed by atoms with Crippen LogP contribution in [0.2, 0.25) is 0 Å². The Balaban J connectivity index is 1.81. The molecule has 1 N–H and O–H groups in total. The van der Waals surface area contributed by atoms with Crippen LogP contribution in [0.15, 0.2) is 60.7 Å². The van der Waals surface area contributed by atoms with Gasteiger partial charge in [-0.1, -0.05) is 60.7 Å². The number of benzene rings is 2. The number of hydrogen-bond acceptors (Lipinski definition) is 2. The van der Waals surface area contributed by atoms with Crippen molar-refractivity contribution >= 4 is 5.91 Å². The predicted molar refractivity (Wildman–Crippen MR) is 88.4 cm³/mol. The van der Waals surface area contributed by atoms with E-state index in [1.54, 1.807) is 0 Å². The minimum Gasteiger partial charge on any atom is -0.332 e. The Labute approximate surface area is 132 Å². The SMILES string of the molecule is CC1NCC(=O)N(Cc2ccccc2)[C@@H]1Cc1ccccc1. The molecule has 2 atom stereocenters. The predicted octanol–water partition coefficient (Wildman–Crippen LogP) is 2.62. The third kappa shape index (κ3) is 3.37. The van der Waals surface area contributed by atoms with Gasteiger partial charge in [-0.05, 0) is 24.5 Å². The Morgan fingerprint density at radius 1 is 1.00 bits per heavy atom. The van der Waals surface area contributed by atoms with Crippen LogP contribution in [0.25, 0.3) is 0 Å². The standard InChI is InChI=1S/C19H22N2O/c1-15-18(12-16-8-4-2-5-9-16)21(19(22)13-20-15)14-17-10-6-3-7-11-17/h2-11,15,18,20H,12-14H2,1H3/t15?,18-/m1/s1. The molecule has 22 heavy (non-hydrogen) atoms. The third-order valence-electron chi connectivity index (χ3n) is 4.36. The Bertz CT molecular complexity index is 612. The molecular formula is C19H22N2O. The van der Waals surface area contributed by atoms with Crippen LogP contribution in [0.1, 0.15) is 18.1 Å². The maximum Gasteiger partial charge on any atom is 0.237 e. The summed E-state index contributed by atoms with van der Waals surface area (Å²) in [5, 5.41) is 3.33. The summed E-state index contributed by atoms with van der Waals surface area (Å²) in [5.74, 6) is 0.183. The second kappa shape index (κ2) is 6.75. The van der Waals surface area contributed by atoms with E-state index in [0.29, 0.717) is 19.1 Å². The van der Waals surface area contributed by atoms with E-state index in [0.717, 1.165) is 6.42 Å². The van der Waals surface area contributed by atoms with Crippen LogP contribution in [-0.4, -0.2) is 29.4 Å². The van der Waals surface area contributed by atoms with E-state index in [2.05, 4.69) is 48.6 Å². The van der Waals surface area contributed by atoms with Gasteiger partial charge in [0.05, 0.1) is 12.6 Å². The molecule has 2 aromatic rings. The van der Waals surface area contributed by atoms with Gasteiger partial charge in [0.25, 0.3) is 0 Å². The van der Waals surface area contributed by atoms with Gasteiger partial charge in [0, 0.05) is 12.6 Å². The number of amides is 1. The summed E-state index contributed by atoms with van der Waals surface area (Å²) in [4.78, 5) is 14.4. The molecular weight excluding hydrogens is 272 g/mol. The number of rotatable bonds is 4. The average Bonchev–Trinajstić information content (AvgIpc) is 2.56. The van der Waals surface area contributed by atoms with Crippen molar-refractivity contribution in [3.63, 3.8) is 0 Å². The van der Waals surface area contributed by atoms with Gasteiger partial charge in [0.15, 0.2) is 0 Å². The highest BCUT2D eigenvalue weighted by molar-refractivity contribution is 5.79. The van der Waals surface area contributed by atoms with Crippen molar-refractivity contribution in [2.75, 3.05) is 6.54 Å². The van der Waals surface area contributed by atoms with Gasteiger partial charge in [0.2, 0.25) is 5.91 Å². The normalized spacial score (nSPS) is 21.9. The molecule has 3 nitrogen and oxygen atoms in total. The summed E-state index contributed by atoms with van der Waals surface area (Å²) in [6.45, 7) is 3.28. The summed E-state index contributed by atoms with van der Waals surface area (Å²) in [5.41, 5.74) is 2.46. The Morgan fingerprint density at radius 2 is 1.59 bits per heavy atom. The quantitative estimate of drug-likeness (QED) is 0.940. The van der Waals surface area contributed by atoms with E-state index in [1.165, 1.54) is 11.1 Å². The summed E-state index contributed by atoms with van der Waals surface area (Å²) >= 11 is 0. The minimum atomic E-state index is 0.183. The minimum absolute atomic E-state index is 0.183. The van der Waals surface area contributed by atoms with E-state index >= 15 is 0 Å². The molecule has 1 aliphatic rings. The molecule has 0 aliphatic carbocycles. The number of carbonyl (C=O) groups excluding carboxylic acids is 1. The molecule has 1 saturated heterocycles. The topological polar surface area (TPSA) is 32.3 Å². The largest absolute Gasteiger partial charge is 0.332 e. The molecule has 0 bridgehead atoms. The molecule has 1 fully saturated rings. The summed E-state index contributed by atoms with van der Waals surface area (Å²) in [7, 11) is 0. The molecule has 1 amide bonds. The number of nitrogens with one attached hydrogen (secondary N) is 1. The van der Waals surface area contributed by atoms with Crippen LogP contribution in [-0.2, 0) is 17.8 Å². The van der Waals surface area contributed by atoms with E-state index in [9.17, 15) is 4.79 Å². The van der Waals surface area contributed by atoms with Crippen LogP contribution < -0.4 is 5.32 Å². The smallest absolute Gasteiger partial charge is 0.237 e. The van der Waals surface area contributed by atoms with Crippen LogP contribution in [0.3, 0.4) is 0 Å². The fourth-order valence-electron chi connectivity index (χ4n) is 3.07. The number of carbonyl (C=O) groups is 1. The first kappa shape index (κ1) is 14.8. The van der Waals surface area contributed by atoms with Crippen LogP contribution in [0.4, 0.5) is 0 Å². The van der Waals surface area contributed by atoms with Crippen molar-refractivity contribution in [2.45, 2.75) is 32.0 Å². The van der Waals surface area contributed by atoms with Gasteiger partial charge in [-0.15, -0.1) is 0 Å². The van der Waals surface area contributed by atoms with Crippen LogP contribution in [0.5, 0.6) is 0 Å². The maximum absolute atomic E-state index is 12.4. The fraction of sp³-hybridized carbons (Fsp3) is 0.316. The van der Waals surface area contributed by atoms with Crippen LogP contribution in [0, 0.1) is 0 Å². The lowest BCUT2D eigenvalue weighted by Crippen LogP contribution is -2.59. The zero-order valence-corrected chi connectivity index (χ0v) is 12.9. The maximum atomic E-state index is 12.4. The molecule has 0 spiro atoms. The average molecular weight is 294 g/mol. The van der Waals surface area contributed by atoms with Gasteiger partial charge in [-0.3, -0.25) is 4.79 Å². The highest BCUT2D eigenvalue weighted by atomic mass is 16.2. The fourth-order valence-corrected chi connectivity index (χ4v) is 3.07. The monoisotopic (exact) mass is 294 g/mol. The van der Waals surface area contributed by atoms with Crippen molar-refractivity contribution < 1.29 is 4.79 Å². The zero-order valence-electron chi connectivity index (χ0n) is 12.9. The first-order valence-electron chi connectivity index (χ1n) is 7.85. The van der Waals surface area contributed by atoms with Gasteiger partial charge < -0.3 is 10.2 Å². The summed E-state index contributed by atoms with van der Waals surface area (Å²) in [6, 6.07) is 21.1. The second-order valence-corrected chi connectivity index (χ2v) is 5.93. The lowest BCUT2D eigenvalue weighted by molar-refractivity contribution is -0.137. The molecule has 0 saturated carbocycles. The third-order valence-corrected chi connectivity index (χ3v) is 4.36. The zero-order chi connectivity index (χ0) is 15.4. The van der Waals surface area contributed by atoms with Gasteiger partial charge in [-0.2, -0.15) is 0 Å². The number of hydrogen-bond donors (Lipinski definition) is 1. The number of piperazine rings is 1. The molecule has 114 valence electrons. The van der Waals surface area contributed by atoms with Crippen molar-refractivity contribution in [1.29, 1.82) is 0 Å². The lowest BCUT2D eigenvalue weighted by atomic mass is 9.96. The van der Waals surface area contributed by atoms with Crippen molar-refractivity contribution in [2.24, 2.45) is 0 Å². The Morgan fingerprint density at radius 3 is 2.23 bits per heavy atom. The van der Waals surface area contributed by atoms with Gasteiger partial charge in [0.1, 0.15) is 0 Å². The highest BCUT2D eigenvalue weighted by Gasteiger charge is 2.32. The molecule has 1 unspecified atom stereocenters. The molecule has 0 radical (unpaired) electrons. The summed E-state index contributed by atoms with van der Waals surface area (Å²) in [6.07, 6.45) is 0.883. The Kier molecular flexibility index (Phi) is 4.54. The first-order chi connectivity index (χ1) is 10.7. The molecule has 1 heterocycles. The second-order valence-electron chi connectivity index (χ2n) is 5.93. The number of nitrogens with zero attached hydrogens (tertiary/aromatic N) is 1. The molecule has 1 aliphatic heterocycles. The van der Waals surface area contributed by atoms with E-state index in [4.69, 9.17) is 0 Å². The van der Waals surface area contributed by atoms with Crippen molar-refractivity contribution in [1.82, 2.24) is 10.2 Å².